The Hall–Kier alpha value is -2.22. The third-order valence-corrected chi connectivity index (χ3v) is 5.92. The molecular weight excluding hydrogens is 364 g/mol. The van der Waals surface area contributed by atoms with E-state index in [1.54, 1.807) is 36.7 Å². The second kappa shape index (κ2) is 8.21. The molecule has 0 N–H and O–H groups in total. The van der Waals surface area contributed by atoms with Crippen LogP contribution in [0.5, 0.6) is 0 Å². The molecule has 27 heavy (non-hydrogen) atoms. The molecule has 1 amide bonds. The van der Waals surface area contributed by atoms with E-state index < -0.39 is 12.1 Å². The van der Waals surface area contributed by atoms with Gasteiger partial charge in [-0.05, 0) is 33.6 Å². The number of nitrogens with zero attached hydrogens (tertiary/aromatic N) is 4. The Morgan fingerprint density at radius 3 is 2.56 bits per heavy atom. The fraction of sp³-hybridized carbons (Fsp3) is 0.579. The average molecular weight is 391 g/mol. The number of carbonyl (C=O) groups excluding carboxylic acids is 2. The summed E-state index contributed by atoms with van der Waals surface area (Å²) in [6.07, 6.45) is 6.11. The molecule has 1 unspecified atom stereocenters. The quantitative estimate of drug-likeness (QED) is 0.731. The van der Waals surface area contributed by atoms with Crippen LogP contribution in [0, 0.1) is 13.8 Å². The van der Waals surface area contributed by atoms with Gasteiger partial charge in [-0.25, -0.2) is 9.78 Å². The first-order valence-corrected chi connectivity index (χ1v) is 10.2. The number of hydrogen-bond donors (Lipinski definition) is 0. The van der Waals surface area contributed by atoms with Crippen LogP contribution >= 0.6 is 11.3 Å². The topological polar surface area (TPSA) is 77.3 Å². The second-order valence-corrected chi connectivity index (χ2v) is 7.90. The van der Waals surface area contributed by atoms with Crippen molar-refractivity contribution in [1.29, 1.82) is 0 Å². The van der Waals surface area contributed by atoms with Crippen molar-refractivity contribution in [2.75, 3.05) is 4.90 Å². The molecule has 2 aromatic rings. The SMILES string of the molecule is Cc1nn(C)c(C)c1C(=O)OC(C)C(=O)N(c1nccs1)C1CCCCC1. The highest BCUT2D eigenvalue weighted by atomic mass is 32.1. The van der Waals surface area contributed by atoms with Gasteiger partial charge in [-0.1, -0.05) is 19.3 Å². The standard InChI is InChI=1S/C19H26N4O3S/c1-12-16(13(2)22(4)21-12)18(25)26-14(3)17(24)23(19-20-10-11-27-19)15-8-6-5-7-9-15/h10-11,14-15H,5-9H2,1-4H3. The highest BCUT2D eigenvalue weighted by Gasteiger charge is 2.33. The molecule has 2 heterocycles. The number of aromatic nitrogens is 3. The van der Waals surface area contributed by atoms with Crippen LogP contribution in [0.3, 0.4) is 0 Å². The van der Waals surface area contributed by atoms with Crippen molar-refractivity contribution < 1.29 is 14.3 Å². The van der Waals surface area contributed by atoms with Crippen molar-refractivity contribution in [3.8, 4) is 0 Å². The van der Waals surface area contributed by atoms with Crippen LogP contribution in [0.15, 0.2) is 11.6 Å². The molecule has 1 aliphatic rings. The van der Waals surface area contributed by atoms with Gasteiger partial charge in [0.05, 0.1) is 5.69 Å². The van der Waals surface area contributed by atoms with E-state index in [2.05, 4.69) is 10.1 Å². The lowest BCUT2D eigenvalue weighted by atomic mass is 9.94. The van der Waals surface area contributed by atoms with E-state index in [0.717, 1.165) is 31.4 Å². The van der Waals surface area contributed by atoms with Crippen LogP contribution in [0.2, 0.25) is 0 Å². The molecule has 0 saturated heterocycles. The second-order valence-electron chi connectivity index (χ2n) is 7.03. The summed E-state index contributed by atoms with van der Waals surface area (Å²) in [7, 11) is 1.78. The van der Waals surface area contributed by atoms with E-state index in [4.69, 9.17) is 4.74 Å². The number of esters is 1. The van der Waals surface area contributed by atoms with E-state index in [9.17, 15) is 9.59 Å². The fourth-order valence-corrected chi connectivity index (χ4v) is 4.36. The molecule has 8 heteroatoms. The Bertz CT molecular complexity index is 809. The van der Waals surface area contributed by atoms with Gasteiger partial charge in [-0.3, -0.25) is 14.4 Å². The first kappa shape index (κ1) is 19.5. The highest BCUT2D eigenvalue weighted by Crippen LogP contribution is 2.30. The lowest BCUT2D eigenvalue weighted by Gasteiger charge is -2.33. The first-order valence-electron chi connectivity index (χ1n) is 9.34. The normalized spacial score (nSPS) is 16.1. The molecule has 0 aromatic carbocycles. The minimum Gasteiger partial charge on any atom is -0.449 e. The van der Waals surface area contributed by atoms with Gasteiger partial charge in [0.15, 0.2) is 11.2 Å². The molecule has 1 fully saturated rings. The van der Waals surface area contributed by atoms with Gasteiger partial charge in [0.25, 0.3) is 5.91 Å². The number of anilines is 1. The van der Waals surface area contributed by atoms with Gasteiger partial charge in [0.2, 0.25) is 0 Å². The molecule has 0 spiro atoms. The van der Waals surface area contributed by atoms with Gasteiger partial charge in [-0.15, -0.1) is 11.3 Å². The Kier molecular flexibility index (Phi) is 5.94. The van der Waals surface area contributed by atoms with Gasteiger partial charge >= 0.3 is 5.97 Å². The van der Waals surface area contributed by atoms with Crippen LogP contribution in [-0.4, -0.2) is 38.8 Å². The fourth-order valence-electron chi connectivity index (χ4n) is 3.64. The van der Waals surface area contributed by atoms with Crippen molar-refractivity contribution in [1.82, 2.24) is 14.8 Å². The third kappa shape index (κ3) is 4.05. The number of ether oxygens (including phenoxy) is 1. The summed E-state index contributed by atoms with van der Waals surface area (Å²) in [5.41, 5.74) is 1.75. The number of carbonyl (C=O) groups is 2. The van der Waals surface area contributed by atoms with Crippen molar-refractivity contribution in [3.63, 3.8) is 0 Å². The number of amides is 1. The minimum atomic E-state index is -0.887. The van der Waals surface area contributed by atoms with E-state index in [1.807, 2.05) is 12.3 Å². The monoisotopic (exact) mass is 390 g/mol. The molecule has 1 aliphatic carbocycles. The van der Waals surface area contributed by atoms with Crippen molar-refractivity contribution in [3.05, 3.63) is 28.5 Å². The van der Waals surface area contributed by atoms with Gasteiger partial charge in [0, 0.05) is 30.4 Å². The smallest absolute Gasteiger partial charge is 0.342 e. The van der Waals surface area contributed by atoms with Crippen LogP contribution in [-0.2, 0) is 16.6 Å². The zero-order valence-electron chi connectivity index (χ0n) is 16.3. The van der Waals surface area contributed by atoms with Crippen LogP contribution < -0.4 is 4.90 Å². The number of aryl methyl sites for hydroxylation is 2. The van der Waals surface area contributed by atoms with Gasteiger partial charge in [0.1, 0.15) is 5.56 Å². The maximum atomic E-state index is 13.2. The zero-order valence-corrected chi connectivity index (χ0v) is 17.1. The number of hydrogen-bond acceptors (Lipinski definition) is 6. The molecule has 7 nitrogen and oxygen atoms in total. The van der Waals surface area contributed by atoms with Gasteiger partial charge in [-0.2, -0.15) is 5.10 Å². The van der Waals surface area contributed by atoms with Crippen molar-refractivity contribution >= 4 is 28.3 Å². The largest absolute Gasteiger partial charge is 0.449 e. The average Bonchev–Trinajstić information content (AvgIpc) is 3.24. The molecule has 0 bridgehead atoms. The van der Waals surface area contributed by atoms with E-state index in [0.29, 0.717) is 16.4 Å². The number of rotatable bonds is 5. The molecule has 1 saturated carbocycles. The maximum absolute atomic E-state index is 13.2. The molecule has 146 valence electrons. The molecular formula is C19H26N4O3S. The lowest BCUT2D eigenvalue weighted by Crippen LogP contribution is -2.47. The first-order chi connectivity index (χ1) is 12.9. The minimum absolute atomic E-state index is 0.111. The van der Waals surface area contributed by atoms with Crippen molar-refractivity contribution in [2.45, 2.75) is 65.0 Å². The summed E-state index contributed by atoms with van der Waals surface area (Å²) in [6, 6.07) is 0.111. The predicted molar refractivity (Wildman–Crippen MR) is 104 cm³/mol. The molecule has 1 atom stereocenters. The highest BCUT2D eigenvalue weighted by molar-refractivity contribution is 7.13. The van der Waals surface area contributed by atoms with E-state index >= 15 is 0 Å². The summed E-state index contributed by atoms with van der Waals surface area (Å²) >= 11 is 1.43. The summed E-state index contributed by atoms with van der Waals surface area (Å²) in [6.45, 7) is 5.21. The molecule has 0 aliphatic heterocycles. The predicted octanol–water partition coefficient (Wildman–Crippen LogP) is 3.40. The van der Waals surface area contributed by atoms with Crippen molar-refractivity contribution in [2.24, 2.45) is 7.05 Å². The molecule has 2 aromatic heterocycles. The summed E-state index contributed by atoms with van der Waals surface area (Å²) < 4.78 is 7.18. The zero-order chi connectivity index (χ0) is 19.6. The lowest BCUT2D eigenvalue weighted by molar-refractivity contribution is -0.127. The van der Waals surface area contributed by atoms with E-state index in [-0.39, 0.29) is 11.9 Å². The maximum Gasteiger partial charge on any atom is 0.342 e. The Morgan fingerprint density at radius 1 is 1.30 bits per heavy atom. The Labute approximate surface area is 163 Å². The summed E-state index contributed by atoms with van der Waals surface area (Å²) in [5.74, 6) is -0.730. The number of thiazole rings is 1. The van der Waals surface area contributed by atoms with E-state index in [1.165, 1.54) is 17.8 Å². The van der Waals surface area contributed by atoms with Crippen LogP contribution in [0.1, 0.15) is 60.8 Å². The Balaban J connectivity index is 1.78. The summed E-state index contributed by atoms with van der Waals surface area (Å²) in [4.78, 5) is 31.9. The Morgan fingerprint density at radius 2 is 2.00 bits per heavy atom. The van der Waals surface area contributed by atoms with Crippen LogP contribution in [0.25, 0.3) is 0 Å². The molecule has 3 rings (SSSR count). The summed E-state index contributed by atoms with van der Waals surface area (Å²) in [5, 5.41) is 6.77. The van der Waals surface area contributed by atoms with Gasteiger partial charge < -0.3 is 4.74 Å². The molecule has 0 radical (unpaired) electrons. The third-order valence-electron chi connectivity index (χ3n) is 5.15. The van der Waals surface area contributed by atoms with Crippen LogP contribution in [0.4, 0.5) is 5.13 Å².